The minimum atomic E-state index is -0.392. The van der Waals surface area contributed by atoms with Crippen LogP contribution in [0.3, 0.4) is 0 Å². The maximum absolute atomic E-state index is 12.9. The Labute approximate surface area is 183 Å². The van der Waals surface area contributed by atoms with Gasteiger partial charge in [0.15, 0.2) is 5.82 Å². The second-order valence-corrected chi connectivity index (χ2v) is 8.35. The van der Waals surface area contributed by atoms with Crippen LogP contribution >= 0.6 is 12.4 Å². The normalized spacial score (nSPS) is 22.8. The fourth-order valence-corrected chi connectivity index (χ4v) is 4.89. The number of rotatable bonds is 2. The lowest BCUT2D eigenvalue weighted by Crippen LogP contribution is -2.54. The highest BCUT2D eigenvalue weighted by atomic mass is 35.5. The van der Waals surface area contributed by atoms with E-state index in [1.807, 2.05) is 41.4 Å². The van der Waals surface area contributed by atoms with Gasteiger partial charge in [-0.3, -0.25) is 4.79 Å². The van der Waals surface area contributed by atoms with Crippen LogP contribution in [0.4, 0.5) is 0 Å². The molecule has 1 spiro atoms. The maximum atomic E-state index is 12.9. The van der Waals surface area contributed by atoms with Crippen molar-refractivity contribution in [3.63, 3.8) is 0 Å². The number of nitrogens with one attached hydrogen (secondary N) is 1. The maximum Gasteiger partial charge on any atom is 0.239 e. The fourth-order valence-electron chi connectivity index (χ4n) is 4.89. The van der Waals surface area contributed by atoms with E-state index in [0.29, 0.717) is 6.61 Å². The van der Waals surface area contributed by atoms with Crippen molar-refractivity contribution < 1.29 is 9.53 Å². The molecule has 2 fully saturated rings. The highest BCUT2D eigenvalue weighted by molar-refractivity contribution is 5.85. The van der Waals surface area contributed by atoms with Gasteiger partial charge in [0.25, 0.3) is 0 Å². The smallest absolute Gasteiger partial charge is 0.239 e. The number of ether oxygens (including phenoxy) is 1. The first-order valence-electron chi connectivity index (χ1n) is 10.8. The Morgan fingerprint density at radius 3 is 2.70 bits per heavy atom. The number of halogens is 1. The van der Waals surface area contributed by atoms with Crippen molar-refractivity contribution in [2.24, 2.45) is 0 Å². The molecular formula is C23H29ClN4O2. The van der Waals surface area contributed by atoms with Crippen LogP contribution in [0.1, 0.15) is 43.4 Å². The second-order valence-electron chi connectivity index (χ2n) is 8.35. The minimum Gasteiger partial charge on any atom is -0.368 e. The molecule has 4 heterocycles. The summed E-state index contributed by atoms with van der Waals surface area (Å²) in [6.07, 6.45) is 7.66. The Morgan fingerprint density at radius 1 is 1.17 bits per heavy atom. The number of amides is 1. The molecular weight excluding hydrogens is 400 g/mol. The van der Waals surface area contributed by atoms with E-state index in [2.05, 4.69) is 10.3 Å². The summed E-state index contributed by atoms with van der Waals surface area (Å²) < 4.78 is 6.35. The number of hydrogen-bond acceptors (Lipinski definition) is 5. The first kappa shape index (κ1) is 21.2. The van der Waals surface area contributed by atoms with Crippen LogP contribution < -0.4 is 5.32 Å². The highest BCUT2D eigenvalue weighted by Crippen LogP contribution is 2.41. The molecule has 0 aliphatic carbocycles. The summed E-state index contributed by atoms with van der Waals surface area (Å²) in [6, 6.07) is 10.1. The Morgan fingerprint density at radius 2 is 1.97 bits per heavy atom. The number of carbonyl (C=O) groups excluding carboxylic acids is 1. The number of likely N-dealkylation sites (tertiary alicyclic amines) is 1. The lowest BCUT2D eigenvalue weighted by Gasteiger charge is -2.44. The molecule has 0 saturated carbocycles. The van der Waals surface area contributed by atoms with Crippen molar-refractivity contribution >= 4 is 18.3 Å². The number of carbonyl (C=O) groups is 1. The summed E-state index contributed by atoms with van der Waals surface area (Å²) >= 11 is 0. The lowest BCUT2D eigenvalue weighted by molar-refractivity contribution is -0.143. The molecule has 1 amide bonds. The van der Waals surface area contributed by atoms with Crippen molar-refractivity contribution in [3.05, 3.63) is 47.8 Å². The zero-order chi connectivity index (χ0) is 19.7. The molecule has 5 rings (SSSR count). The van der Waals surface area contributed by atoms with Gasteiger partial charge in [0, 0.05) is 24.8 Å². The minimum absolute atomic E-state index is 0. The van der Waals surface area contributed by atoms with Crippen molar-refractivity contribution in [2.45, 2.75) is 50.2 Å². The molecule has 1 atom stereocenters. The van der Waals surface area contributed by atoms with E-state index in [9.17, 15) is 4.79 Å². The zero-order valence-electron chi connectivity index (χ0n) is 17.2. The van der Waals surface area contributed by atoms with Crippen LogP contribution in [0, 0.1) is 0 Å². The molecule has 0 radical (unpaired) electrons. The molecule has 160 valence electrons. The van der Waals surface area contributed by atoms with Crippen LogP contribution in [0.5, 0.6) is 0 Å². The van der Waals surface area contributed by atoms with E-state index in [-0.39, 0.29) is 24.4 Å². The molecule has 7 heteroatoms. The Bertz CT molecular complexity index is 878. The van der Waals surface area contributed by atoms with Crippen LogP contribution in [0.2, 0.25) is 0 Å². The number of hydrogen-bond donors (Lipinski definition) is 1. The van der Waals surface area contributed by atoms with Crippen molar-refractivity contribution in [3.8, 4) is 11.4 Å². The molecule has 30 heavy (non-hydrogen) atoms. The molecule has 1 aromatic heterocycles. The van der Waals surface area contributed by atoms with Gasteiger partial charge in [-0.05, 0) is 44.2 Å². The molecule has 3 aliphatic heterocycles. The van der Waals surface area contributed by atoms with Gasteiger partial charge in [0.2, 0.25) is 5.91 Å². The van der Waals surface area contributed by atoms with Crippen LogP contribution in [0.15, 0.2) is 36.5 Å². The fraction of sp³-hybridized carbons (Fsp3) is 0.522. The quantitative estimate of drug-likeness (QED) is 0.796. The average Bonchev–Trinajstić information content (AvgIpc) is 2.80. The zero-order valence-corrected chi connectivity index (χ0v) is 18.0. The number of benzene rings is 1. The predicted molar refractivity (Wildman–Crippen MR) is 118 cm³/mol. The molecule has 6 nitrogen and oxygen atoms in total. The molecule has 0 bridgehead atoms. The van der Waals surface area contributed by atoms with Gasteiger partial charge >= 0.3 is 0 Å². The van der Waals surface area contributed by atoms with Crippen molar-refractivity contribution in [1.29, 1.82) is 0 Å². The summed E-state index contributed by atoms with van der Waals surface area (Å²) in [5.74, 6) is 1.00. The summed E-state index contributed by atoms with van der Waals surface area (Å²) in [4.78, 5) is 24.5. The van der Waals surface area contributed by atoms with Crippen LogP contribution in [0.25, 0.3) is 11.4 Å². The van der Waals surface area contributed by atoms with E-state index < -0.39 is 5.60 Å². The topological polar surface area (TPSA) is 67.4 Å². The van der Waals surface area contributed by atoms with E-state index in [1.54, 1.807) is 0 Å². The molecule has 1 aromatic carbocycles. The van der Waals surface area contributed by atoms with Gasteiger partial charge < -0.3 is 15.0 Å². The third-order valence-corrected chi connectivity index (χ3v) is 6.57. The van der Waals surface area contributed by atoms with E-state index in [1.165, 1.54) is 12.0 Å². The largest absolute Gasteiger partial charge is 0.368 e. The third-order valence-electron chi connectivity index (χ3n) is 6.57. The summed E-state index contributed by atoms with van der Waals surface area (Å²) in [6.45, 7) is 3.09. The van der Waals surface area contributed by atoms with Crippen molar-refractivity contribution in [1.82, 2.24) is 20.2 Å². The lowest BCUT2D eigenvalue weighted by atomic mass is 9.83. The Balaban J connectivity index is 0.00000218. The first-order valence-corrected chi connectivity index (χ1v) is 10.8. The average molecular weight is 429 g/mol. The van der Waals surface area contributed by atoms with E-state index in [0.717, 1.165) is 68.8 Å². The van der Waals surface area contributed by atoms with Crippen LogP contribution in [-0.2, 0) is 21.6 Å². The first-order chi connectivity index (χ1) is 14.3. The number of piperidine rings is 2. The summed E-state index contributed by atoms with van der Waals surface area (Å²) in [7, 11) is 0. The van der Waals surface area contributed by atoms with Crippen LogP contribution in [-0.4, -0.2) is 53.1 Å². The van der Waals surface area contributed by atoms with Gasteiger partial charge in [0.1, 0.15) is 5.60 Å². The SMILES string of the molecule is Cl.O=C([C@H]1CCCCN1)N1CCC2(CC1)OCCc1cnc(-c3ccccc3)nc12. The standard InChI is InChI=1S/C23H28N4O2.ClH/c28-22(19-8-4-5-12-24-19)27-13-10-23(11-14-27)20-18(9-15-29-23)16-25-21(26-20)17-6-2-1-3-7-17;/h1-3,6-7,16,19,24H,4-5,8-15H2;1H/t19-;/m1./s1. The highest BCUT2D eigenvalue weighted by Gasteiger charge is 2.44. The van der Waals surface area contributed by atoms with Gasteiger partial charge in [-0.15, -0.1) is 12.4 Å². The Hall–Kier alpha value is -2.02. The van der Waals surface area contributed by atoms with E-state index in [4.69, 9.17) is 9.72 Å². The number of nitrogens with zero attached hydrogens (tertiary/aromatic N) is 3. The summed E-state index contributed by atoms with van der Waals surface area (Å²) in [5, 5.41) is 3.39. The van der Waals surface area contributed by atoms with Gasteiger partial charge in [-0.2, -0.15) is 0 Å². The number of aromatic nitrogens is 2. The monoisotopic (exact) mass is 428 g/mol. The predicted octanol–water partition coefficient (Wildman–Crippen LogP) is 3.10. The molecule has 3 aliphatic rings. The third kappa shape index (κ3) is 3.96. The molecule has 2 aromatic rings. The van der Waals surface area contributed by atoms with Gasteiger partial charge in [-0.25, -0.2) is 9.97 Å². The number of fused-ring (bicyclic) bond motifs is 2. The van der Waals surface area contributed by atoms with Gasteiger partial charge in [-0.1, -0.05) is 36.8 Å². The Kier molecular flexibility index (Phi) is 6.37. The van der Waals surface area contributed by atoms with Gasteiger partial charge in [0.05, 0.1) is 18.3 Å². The second kappa shape index (κ2) is 9.00. The summed E-state index contributed by atoms with van der Waals surface area (Å²) in [5.41, 5.74) is 2.84. The van der Waals surface area contributed by atoms with Crippen molar-refractivity contribution in [2.75, 3.05) is 26.2 Å². The molecule has 0 unspecified atom stereocenters. The molecule has 2 saturated heterocycles. The molecule has 1 N–H and O–H groups in total. The van der Waals surface area contributed by atoms with E-state index >= 15 is 0 Å².